The summed E-state index contributed by atoms with van der Waals surface area (Å²) in [5.41, 5.74) is 2.81. The monoisotopic (exact) mass is 589 g/mol. The van der Waals surface area contributed by atoms with E-state index in [1.165, 1.54) is 0 Å². The third kappa shape index (κ3) is 5.51. The first kappa shape index (κ1) is 27.6. The summed E-state index contributed by atoms with van der Waals surface area (Å²) in [4.78, 5) is 9.67. The van der Waals surface area contributed by atoms with Crippen LogP contribution in [0, 0.1) is 5.92 Å². The summed E-state index contributed by atoms with van der Waals surface area (Å²) in [7, 11) is -3.35. The van der Waals surface area contributed by atoms with Crippen molar-refractivity contribution in [2.24, 2.45) is 5.92 Å². The Hall–Kier alpha value is -2.52. The molecule has 2 aromatic heterocycles. The van der Waals surface area contributed by atoms with Gasteiger partial charge in [0, 0.05) is 35.9 Å². The Labute approximate surface area is 237 Å². The van der Waals surface area contributed by atoms with Gasteiger partial charge in [0.25, 0.3) is 0 Å². The smallest absolute Gasteiger partial charge is 0.229 e. The molecule has 14 heteroatoms. The summed E-state index contributed by atoms with van der Waals surface area (Å²) in [6.45, 7) is 5.90. The van der Waals surface area contributed by atoms with Crippen LogP contribution in [0.15, 0.2) is 29.4 Å². The molecule has 3 fully saturated rings. The van der Waals surface area contributed by atoms with Crippen molar-refractivity contribution in [2.75, 3.05) is 28.7 Å². The Balaban J connectivity index is 1.29. The predicted octanol–water partition coefficient (Wildman–Crippen LogP) is 3.14. The molecule has 0 amide bonds. The topological polar surface area (TPSA) is 153 Å². The number of aliphatic hydroxyl groups excluding tert-OH is 1. The number of aliphatic hydroxyl groups is 1. The molecule has 0 radical (unpaired) electrons. The Kier molecular flexibility index (Phi) is 7.18. The van der Waals surface area contributed by atoms with Crippen molar-refractivity contribution in [1.82, 2.24) is 25.0 Å². The van der Waals surface area contributed by atoms with Gasteiger partial charge in [-0.1, -0.05) is 36.0 Å². The summed E-state index contributed by atoms with van der Waals surface area (Å²) in [5, 5.41) is 23.3. The first-order valence-electron chi connectivity index (χ1n) is 13.6. The number of nitrogens with one attached hydrogen (secondary N) is 2. The summed E-state index contributed by atoms with van der Waals surface area (Å²) < 4.78 is 40.1. The minimum absolute atomic E-state index is 0.00705. The van der Waals surface area contributed by atoms with Crippen molar-refractivity contribution in [3.8, 4) is 0 Å². The summed E-state index contributed by atoms with van der Waals surface area (Å²) >= 11 is 1.59. The zero-order valence-corrected chi connectivity index (χ0v) is 24.6. The van der Waals surface area contributed by atoms with Crippen molar-refractivity contribution in [3.63, 3.8) is 0 Å². The van der Waals surface area contributed by atoms with Gasteiger partial charge in [-0.15, -0.1) is 5.10 Å². The van der Waals surface area contributed by atoms with E-state index in [9.17, 15) is 13.5 Å². The van der Waals surface area contributed by atoms with Gasteiger partial charge >= 0.3 is 0 Å². The first-order chi connectivity index (χ1) is 19.0. The second kappa shape index (κ2) is 10.4. The Morgan fingerprint density at radius 2 is 2.00 bits per heavy atom. The first-order valence-corrected chi connectivity index (χ1v) is 16.5. The van der Waals surface area contributed by atoms with Gasteiger partial charge in [0.1, 0.15) is 6.10 Å². The number of thioether (sulfide) groups is 1. The van der Waals surface area contributed by atoms with Gasteiger partial charge in [-0.3, -0.25) is 4.72 Å². The van der Waals surface area contributed by atoms with Crippen molar-refractivity contribution < 1.29 is 23.0 Å². The van der Waals surface area contributed by atoms with Crippen molar-refractivity contribution in [2.45, 2.75) is 81.2 Å². The van der Waals surface area contributed by atoms with Crippen LogP contribution in [0.5, 0.6) is 0 Å². The number of hydrogen-bond donors (Lipinski definition) is 3. The van der Waals surface area contributed by atoms with E-state index in [0.29, 0.717) is 34.2 Å². The molecule has 0 bridgehead atoms. The molecule has 216 valence electrons. The number of hydrogen-bond acceptors (Lipinski definition) is 11. The van der Waals surface area contributed by atoms with Crippen LogP contribution < -0.4 is 10.0 Å². The second-order valence-corrected chi connectivity index (χ2v) is 14.1. The highest BCUT2D eigenvalue weighted by molar-refractivity contribution is 7.99. The third-order valence-electron chi connectivity index (χ3n) is 7.57. The number of sulfonamides is 1. The van der Waals surface area contributed by atoms with E-state index in [1.54, 1.807) is 17.8 Å². The lowest BCUT2D eigenvalue weighted by atomic mass is 10.1. The number of ether oxygens (including phenoxy) is 2. The molecule has 1 aliphatic heterocycles. The average molecular weight is 590 g/mol. The van der Waals surface area contributed by atoms with E-state index in [2.05, 4.69) is 27.3 Å². The molecular formula is C26H35N7O5S2. The van der Waals surface area contributed by atoms with Crippen LogP contribution in [0.3, 0.4) is 0 Å². The summed E-state index contributed by atoms with van der Waals surface area (Å²) in [6.07, 6.45) is 3.16. The van der Waals surface area contributed by atoms with Gasteiger partial charge < -0.3 is 19.9 Å². The lowest BCUT2D eigenvalue weighted by Gasteiger charge is -2.23. The van der Waals surface area contributed by atoms with Crippen molar-refractivity contribution >= 4 is 44.5 Å². The van der Waals surface area contributed by atoms with Crippen LogP contribution in [-0.4, -0.2) is 81.1 Å². The molecule has 6 rings (SSSR count). The summed E-state index contributed by atoms with van der Waals surface area (Å²) in [6, 6.07) is 7.42. The molecule has 6 atom stereocenters. The third-order valence-corrected chi connectivity index (χ3v) is 9.23. The fraction of sp³-hybridized carbons (Fsp3) is 0.615. The molecule has 3 aromatic rings. The van der Waals surface area contributed by atoms with Crippen LogP contribution in [-0.2, 0) is 19.5 Å². The maximum atomic E-state index is 11.7. The van der Waals surface area contributed by atoms with Gasteiger partial charge in [-0.05, 0) is 50.8 Å². The highest BCUT2D eigenvalue weighted by atomic mass is 32.2. The normalized spacial score (nSPS) is 29.0. The van der Waals surface area contributed by atoms with Gasteiger partial charge in [0.2, 0.25) is 10.0 Å². The predicted molar refractivity (Wildman–Crippen MR) is 152 cm³/mol. The second-order valence-electron chi connectivity index (χ2n) is 11.3. The van der Waals surface area contributed by atoms with E-state index in [-0.39, 0.29) is 42.7 Å². The molecule has 3 N–H and O–H groups in total. The minimum atomic E-state index is -3.35. The molecule has 2 saturated carbocycles. The molecule has 1 aromatic carbocycles. The molecule has 3 heterocycles. The fourth-order valence-electron chi connectivity index (χ4n) is 5.81. The number of nitrogens with zero attached hydrogens (tertiary/aromatic N) is 5. The Bertz CT molecular complexity index is 1510. The Morgan fingerprint density at radius 1 is 1.20 bits per heavy atom. The van der Waals surface area contributed by atoms with Gasteiger partial charge in [-0.25, -0.2) is 23.1 Å². The SMILES string of the molecule is CCCSc1nc(NC2CC2c2cccc(NS(C)(=O)=O)c2)c2nnn(C3CC(CO)C4OC(C)(C)OC43)c2n1. The van der Waals surface area contributed by atoms with E-state index in [0.717, 1.165) is 30.4 Å². The number of benzene rings is 1. The molecule has 40 heavy (non-hydrogen) atoms. The maximum Gasteiger partial charge on any atom is 0.229 e. The quantitative estimate of drug-likeness (QED) is 0.236. The zero-order valence-electron chi connectivity index (χ0n) is 22.9. The van der Waals surface area contributed by atoms with E-state index < -0.39 is 15.8 Å². The van der Waals surface area contributed by atoms with Gasteiger partial charge in [0.15, 0.2) is 27.9 Å². The number of fused-ring (bicyclic) bond motifs is 2. The number of anilines is 2. The summed E-state index contributed by atoms with van der Waals surface area (Å²) in [5.74, 6) is 0.913. The van der Waals surface area contributed by atoms with Crippen LogP contribution in [0.1, 0.15) is 57.6 Å². The average Bonchev–Trinajstić information content (AvgIpc) is 3.22. The molecule has 12 nitrogen and oxygen atoms in total. The molecule has 2 aliphatic carbocycles. The van der Waals surface area contributed by atoms with E-state index in [4.69, 9.17) is 19.4 Å². The van der Waals surface area contributed by atoms with E-state index >= 15 is 0 Å². The van der Waals surface area contributed by atoms with Gasteiger partial charge in [-0.2, -0.15) is 0 Å². The fourth-order valence-corrected chi connectivity index (χ4v) is 7.06. The lowest BCUT2D eigenvalue weighted by molar-refractivity contribution is -0.162. The highest BCUT2D eigenvalue weighted by Crippen LogP contribution is 2.48. The van der Waals surface area contributed by atoms with Crippen molar-refractivity contribution in [1.29, 1.82) is 0 Å². The van der Waals surface area contributed by atoms with Gasteiger partial charge in [0.05, 0.1) is 18.4 Å². The van der Waals surface area contributed by atoms with Crippen molar-refractivity contribution in [3.05, 3.63) is 29.8 Å². The van der Waals surface area contributed by atoms with Crippen LogP contribution in [0.2, 0.25) is 0 Å². The number of aromatic nitrogens is 5. The molecule has 3 aliphatic rings. The van der Waals surface area contributed by atoms with Crippen LogP contribution >= 0.6 is 11.8 Å². The molecule has 0 spiro atoms. The molecular weight excluding hydrogens is 554 g/mol. The largest absolute Gasteiger partial charge is 0.396 e. The van der Waals surface area contributed by atoms with Crippen LogP contribution in [0.25, 0.3) is 11.2 Å². The van der Waals surface area contributed by atoms with E-state index in [1.807, 2.05) is 36.7 Å². The maximum absolute atomic E-state index is 11.7. The minimum Gasteiger partial charge on any atom is -0.396 e. The van der Waals surface area contributed by atoms with Crippen LogP contribution in [0.4, 0.5) is 11.5 Å². The lowest BCUT2D eigenvalue weighted by Crippen LogP contribution is -2.28. The standard InChI is InChI=1S/C26H35N7O5S2/c1-5-9-39-25-28-23(27-18-12-17(18)14-7-6-8-16(10-14)31-40(4,35)36)20-24(29-25)33(32-30-20)19-11-15(13-34)21-22(19)38-26(2,3)37-21/h6-8,10,15,17-19,21-22,31,34H,5,9,11-13H2,1-4H3,(H,27,28,29). The zero-order chi connectivity index (χ0) is 28.2. The Morgan fingerprint density at radius 3 is 2.75 bits per heavy atom. The molecule has 6 unspecified atom stereocenters. The highest BCUT2D eigenvalue weighted by Gasteiger charge is 2.55. The molecule has 1 saturated heterocycles. The number of rotatable bonds is 10.